The molecule has 0 saturated carbocycles. The van der Waals surface area contributed by atoms with Crippen molar-refractivity contribution in [1.29, 1.82) is 0 Å². The van der Waals surface area contributed by atoms with Crippen LogP contribution >= 0.6 is 0 Å². The van der Waals surface area contributed by atoms with Gasteiger partial charge in [0.2, 0.25) is 0 Å². The Hall–Kier alpha value is -0.860. The van der Waals surface area contributed by atoms with E-state index < -0.39 is 0 Å². The molecule has 1 aromatic carbocycles. The molecule has 14 heavy (non-hydrogen) atoms. The van der Waals surface area contributed by atoms with Gasteiger partial charge in [-0.15, -0.1) is 0 Å². The number of benzene rings is 1. The summed E-state index contributed by atoms with van der Waals surface area (Å²) in [6.45, 7) is 8.62. The lowest BCUT2D eigenvalue weighted by Crippen LogP contribution is -2.36. The Morgan fingerprint density at radius 1 is 1.14 bits per heavy atom. The van der Waals surface area contributed by atoms with Crippen molar-refractivity contribution in [3.8, 4) is 0 Å². The summed E-state index contributed by atoms with van der Waals surface area (Å²) in [6.07, 6.45) is 0. The Morgan fingerprint density at radius 3 is 2.00 bits per heavy atom. The number of rotatable bonds is 2. The first-order valence-corrected chi connectivity index (χ1v) is 4.98. The molecule has 0 bridgehead atoms. The summed E-state index contributed by atoms with van der Waals surface area (Å²) < 4.78 is 0. The van der Waals surface area contributed by atoms with Crippen molar-refractivity contribution < 1.29 is 0 Å². The number of hydrogen-bond acceptors (Lipinski definition) is 2. The van der Waals surface area contributed by atoms with Crippen LogP contribution in [0.2, 0.25) is 0 Å². The Bertz CT molecular complexity index is 282. The van der Waals surface area contributed by atoms with Crippen molar-refractivity contribution in [1.82, 2.24) is 5.43 Å². The average Bonchev–Trinajstić information content (AvgIpc) is 2.07. The molecule has 0 aromatic heterocycles. The highest BCUT2D eigenvalue weighted by Gasteiger charge is 2.24. The first-order valence-electron chi connectivity index (χ1n) is 4.98. The smallest absolute Gasteiger partial charge is 0.0508 e. The summed E-state index contributed by atoms with van der Waals surface area (Å²) in [6, 6.07) is 8.69. The maximum atomic E-state index is 5.58. The van der Waals surface area contributed by atoms with E-state index in [1.807, 2.05) is 0 Å². The molecule has 0 spiro atoms. The van der Waals surface area contributed by atoms with E-state index in [1.165, 1.54) is 11.1 Å². The minimum atomic E-state index is 0.129. The van der Waals surface area contributed by atoms with Crippen molar-refractivity contribution in [3.05, 3.63) is 35.4 Å². The molecule has 2 nitrogen and oxygen atoms in total. The first-order chi connectivity index (χ1) is 6.45. The highest BCUT2D eigenvalue weighted by Crippen LogP contribution is 2.31. The fourth-order valence-electron chi connectivity index (χ4n) is 1.61. The van der Waals surface area contributed by atoms with Gasteiger partial charge in [-0.1, -0.05) is 50.6 Å². The van der Waals surface area contributed by atoms with E-state index in [1.54, 1.807) is 0 Å². The van der Waals surface area contributed by atoms with Crippen molar-refractivity contribution >= 4 is 0 Å². The van der Waals surface area contributed by atoms with E-state index in [9.17, 15) is 0 Å². The van der Waals surface area contributed by atoms with E-state index in [-0.39, 0.29) is 11.5 Å². The number of hydrogen-bond donors (Lipinski definition) is 2. The molecule has 2 heteroatoms. The largest absolute Gasteiger partial charge is 0.271 e. The van der Waals surface area contributed by atoms with Crippen LogP contribution in [0.25, 0.3) is 0 Å². The third kappa shape index (κ3) is 2.56. The summed E-state index contributed by atoms with van der Waals surface area (Å²) in [5.41, 5.74) is 5.52. The lowest BCUT2D eigenvalue weighted by atomic mass is 9.82. The maximum Gasteiger partial charge on any atom is 0.0508 e. The van der Waals surface area contributed by atoms with Crippen LogP contribution in [-0.4, -0.2) is 0 Å². The van der Waals surface area contributed by atoms with Crippen LogP contribution in [0.1, 0.15) is 37.9 Å². The van der Waals surface area contributed by atoms with Gasteiger partial charge in [0.25, 0.3) is 0 Å². The number of hydrazine groups is 1. The van der Waals surface area contributed by atoms with E-state index in [4.69, 9.17) is 5.84 Å². The van der Waals surface area contributed by atoms with Gasteiger partial charge in [-0.3, -0.25) is 11.3 Å². The number of nitrogens with one attached hydrogen (secondary N) is 1. The molecule has 0 heterocycles. The van der Waals surface area contributed by atoms with Gasteiger partial charge in [0, 0.05) is 0 Å². The fourth-order valence-corrected chi connectivity index (χ4v) is 1.61. The molecule has 0 aliphatic rings. The van der Waals surface area contributed by atoms with Crippen molar-refractivity contribution in [2.75, 3.05) is 0 Å². The zero-order valence-electron chi connectivity index (χ0n) is 9.46. The molecule has 0 aliphatic carbocycles. The predicted molar refractivity (Wildman–Crippen MR) is 60.7 cm³/mol. The molecule has 0 amide bonds. The van der Waals surface area contributed by atoms with Crippen molar-refractivity contribution in [2.24, 2.45) is 11.3 Å². The standard InChI is InChI=1S/C12H20N2/c1-9-5-7-10(8-6-9)11(14-13)12(2,3)4/h5-8,11,14H,13H2,1-4H3. The third-order valence-electron chi connectivity index (χ3n) is 2.44. The number of nitrogens with two attached hydrogens (primary N) is 1. The third-order valence-corrected chi connectivity index (χ3v) is 2.44. The van der Waals surface area contributed by atoms with E-state index in [0.717, 1.165) is 0 Å². The van der Waals surface area contributed by atoms with Crippen LogP contribution in [0.15, 0.2) is 24.3 Å². The van der Waals surface area contributed by atoms with Gasteiger partial charge in [0.05, 0.1) is 6.04 Å². The highest BCUT2D eigenvalue weighted by molar-refractivity contribution is 5.25. The lowest BCUT2D eigenvalue weighted by Gasteiger charge is -2.30. The zero-order chi connectivity index (χ0) is 10.8. The van der Waals surface area contributed by atoms with Gasteiger partial charge in [-0.05, 0) is 17.9 Å². The molecule has 78 valence electrons. The van der Waals surface area contributed by atoms with Crippen LogP contribution in [0.3, 0.4) is 0 Å². The fraction of sp³-hybridized carbons (Fsp3) is 0.500. The van der Waals surface area contributed by atoms with Crippen LogP contribution < -0.4 is 11.3 Å². The molecule has 0 fully saturated rings. The number of aryl methyl sites for hydroxylation is 1. The lowest BCUT2D eigenvalue weighted by molar-refractivity contribution is 0.275. The Balaban J connectivity index is 2.96. The van der Waals surface area contributed by atoms with Gasteiger partial charge in [-0.25, -0.2) is 0 Å². The SMILES string of the molecule is Cc1ccc(C(NN)C(C)(C)C)cc1. The van der Waals surface area contributed by atoms with E-state index >= 15 is 0 Å². The summed E-state index contributed by atoms with van der Waals surface area (Å²) >= 11 is 0. The van der Waals surface area contributed by atoms with Gasteiger partial charge < -0.3 is 0 Å². The molecule has 3 N–H and O–H groups in total. The Labute approximate surface area is 86.5 Å². The van der Waals surface area contributed by atoms with E-state index in [0.29, 0.717) is 0 Å². The molecular weight excluding hydrogens is 172 g/mol. The molecule has 1 aromatic rings. The van der Waals surface area contributed by atoms with E-state index in [2.05, 4.69) is 57.4 Å². The van der Waals surface area contributed by atoms with Gasteiger partial charge in [-0.2, -0.15) is 0 Å². The average molecular weight is 192 g/mol. The molecule has 0 saturated heterocycles. The van der Waals surface area contributed by atoms with Crippen LogP contribution in [0.5, 0.6) is 0 Å². The topological polar surface area (TPSA) is 38.0 Å². The molecule has 1 atom stereocenters. The summed E-state index contributed by atoms with van der Waals surface area (Å²) in [5, 5.41) is 0. The second kappa shape index (κ2) is 4.11. The Morgan fingerprint density at radius 2 is 1.64 bits per heavy atom. The molecule has 0 radical (unpaired) electrons. The van der Waals surface area contributed by atoms with Gasteiger partial charge in [0.15, 0.2) is 0 Å². The minimum Gasteiger partial charge on any atom is -0.271 e. The summed E-state index contributed by atoms with van der Waals surface area (Å²) in [4.78, 5) is 0. The second-order valence-corrected chi connectivity index (χ2v) is 4.88. The minimum absolute atomic E-state index is 0.129. The Kier molecular flexibility index (Phi) is 3.29. The maximum absolute atomic E-state index is 5.58. The van der Waals surface area contributed by atoms with Crippen LogP contribution in [-0.2, 0) is 0 Å². The van der Waals surface area contributed by atoms with Crippen LogP contribution in [0, 0.1) is 12.3 Å². The monoisotopic (exact) mass is 192 g/mol. The zero-order valence-corrected chi connectivity index (χ0v) is 9.46. The summed E-state index contributed by atoms with van der Waals surface area (Å²) in [7, 11) is 0. The highest BCUT2D eigenvalue weighted by atomic mass is 15.2. The van der Waals surface area contributed by atoms with Gasteiger partial charge in [0.1, 0.15) is 0 Å². The quantitative estimate of drug-likeness (QED) is 0.558. The normalized spacial score (nSPS) is 14.1. The van der Waals surface area contributed by atoms with Crippen molar-refractivity contribution in [3.63, 3.8) is 0 Å². The first kappa shape index (κ1) is 11.2. The predicted octanol–water partition coefficient (Wildman–Crippen LogP) is 2.55. The second-order valence-electron chi connectivity index (χ2n) is 4.88. The molecule has 1 rings (SSSR count). The molecular formula is C12H20N2. The summed E-state index contributed by atoms with van der Waals surface area (Å²) in [5.74, 6) is 5.58. The molecule has 0 aliphatic heterocycles. The molecule has 1 unspecified atom stereocenters. The van der Waals surface area contributed by atoms with Gasteiger partial charge >= 0.3 is 0 Å². The van der Waals surface area contributed by atoms with Crippen molar-refractivity contribution in [2.45, 2.75) is 33.7 Å². The van der Waals surface area contributed by atoms with Crippen LogP contribution in [0.4, 0.5) is 0 Å².